The molecule has 4 heteroatoms. The number of hydrogen-bond donors (Lipinski definition) is 1. The Labute approximate surface area is 100 Å². The normalized spacial score (nSPS) is 23.4. The molecule has 17 heavy (non-hydrogen) atoms. The molecule has 1 saturated heterocycles. The van der Waals surface area contributed by atoms with Crippen LogP contribution in [-0.4, -0.2) is 13.7 Å². The van der Waals surface area contributed by atoms with Gasteiger partial charge in [-0.15, -0.1) is 0 Å². The summed E-state index contributed by atoms with van der Waals surface area (Å²) in [6, 6.07) is 5.14. The molecule has 0 radical (unpaired) electrons. The van der Waals surface area contributed by atoms with E-state index in [1.165, 1.54) is 13.2 Å². The zero-order valence-corrected chi connectivity index (χ0v) is 10.0. The van der Waals surface area contributed by atoms with Gasteiger partial charge in [-0.05, 0) is 44.0 Å². The summed E-state index contributed by atoms with van der Waals surface area (Å²) < 4.78 is 18.7. The maximum Gasteiger partial charge on any atom is 0.172 e. The molecule has 1 aliphatic heterocycles. The maximum absolute atomic E-state index is 13.8. The Balaban J connectivity index is 2.51. The Hall–Kier alpha value is -1.60. The monoisotopic (exact) mass is 234 g/mol. The van der Waals surface area contributed by atoms with Crippen LogP contribution in [0.25, 0.3) is 0 Å². The van der Waals surface area contributed by atoms with Crippen LogP contribution in [-0.2, 0) is 5.54 Å². The van der Waals surface area contributed by atoms with Crippen LogP contribution in [0.1, 0.15) is 30.9 Å². The highest BCUT2D eigenvalue weighted by Crippen LogP contribution is 2.34. The van der Waals surface area contributed by atoms with Crippen LogP contribution in [0.2, 0.25) is 0 Å². The first kappa shape index (κ1) is 11.9. The van der Waals surface area contributed by atoms with E-state index < -0.39 is 5.82 Å². The smallest absolute Gasteiger partial charge is 0.172 e. The van der Waals surface area contributed by atoms with Crippen molar-refractivity contribution in [1.29, 1.82) is 5.26 Å². The van der Waals surface area contributed by atoms with Crippen molar-refractivity contribution in [1.82, 2.24) is 5.32 Å². The van der Waals surface area contributed by atoms with Gasteiger partial charge in [0.15, 0.2) is 11.6 Å². The van der Waals surface area contributed by atoms with Crippen molar-refractivity contribution in [3.8, 4) is 11.8 Å². The van der Waals surface area contributed by atoms with E-state index in [1.54, 1.807) is 6.07 Å². The lowest BCUT2D eigenvalue weighted by Crippen LogP contribution is -2.33. The molecule has 0 amide bonds. The molecule has 3 nitrogen and oxygen atoms in total. The predicted molar refractivity (Wildman–Crippen MR) is 62.3 cm³/mol. The van der Waals surface area contributed by atoms with Crippen LogP contribution in [0.3, 0.4) is 0 Å². The summed E-state index contributed by atoms with van der Waals surface area (Å²) >= 11 is 0. The summed E-state index contributed by atoms with van der Waals surface area (Å²) in [6.07, 6.45) is 2.01. The van der Waals surface area contributed by atoms with E-state index in [0.717, 1.165) is 24.9 Å². The van der Waals surface area contributed by atoms with Crippen LogP contribution in [0.15, 0.2) is 12.1 Å². The fourth-order valence-corrected chi connectivity index (χ4v) is 2.34. The van der Waals surface area contributed by atoms with E-state index in [1.807, 2.05) is 13.0 Å². The minimum absolute atomic E-state index is 0.0258. The van der Waals surface area contributed by atoms with E-state index in [9.17, 15) is 4.39 Å². The fraction of sp³-hybridized carbons (Fsp3) is 0.462. The molecule has 1 aromatic rings. The Morgan fingerprint density at radius 3 is 2.82 bits per heavy atom. The molecule has 0 saturated carbocycles. The molecule has 0 bridgehead atoms. The molecule has 1 atom stereocenters. The third-order valence-corrected chi connectivity index (χ3v) is 3.37. The number of methoxy groups -OCH3 is 1. The third kappa shape index (κ3) is 1.98. The van der Waals surface area contributed by atoms with Gasteiger partial charge in [0.25, 0.3) is 0 Å². The average Bonchev–Trinajstić information content (AvgIpc) is 2.76. The topological polar surface area (TPSA) is 45.0 Å². The third-order valence-electron chi connectivity index (χ3n) is 3.37. The van der Waals surface area contributed by atoms with Crippen molar-refractivity contribution >= 4 is 0 Å². The molecule has 2 rings (SSSR count). The van der Waals surface area contributed by atoms with Gasteiger partial charge in [0.1, 0.15) is 6.07 Å². The largest absolute Gasteiger partial charge is 0.492 e. The number of rotatable bonds is 2. The summed E-state index contributed by atoms with van der Waals surface area (Å²) in [5, 5.41) is 12.4. The quantitative estimate of drug-likeness (QED) is 0.854. The number of nitrogens with one attached hydrogen (secondary N) is 1. The Morgan fingerprint density at radius 1 is 1.53 bits per heavy atom. The molecule has 1 fully saturated rings. The maximum atomic E-state index is 13.8. The second-order valence-electron chi connectivity index (χ2n) is 4.51. The molecule has 0 aliphatic carbocycles. The van der Waals surface area contributed by atoms with Gasteiger partial charge in [0.2, 0.25) is 0 Å². The van der Waals surface area contributed by atoms with Gasteiger partial charge in [-0.1, -0.05) is 0 Å². The first-order valence-electron chi connectivity index (χ1n) is 5.64. The van der Waals surface area contributed by atoms with E-state index >= 15 is 0 Å². The second kappa shape index (κ2) is 4.34. The van der Waals surface area contributed by atoms with Crippen LogP contribution in [0.5, 0.6) is 5.75 Å². The van der Waals surface area contributed by atoms with Crippen molar-refractivity contribution in [2.75, 3.05) is 13.7 Å². The molecule has 1 heterocycles. The van der Waals surface area contributed by atoms with Gasteiger partial charge in [-0.25, -0.2) is 4.39 Å². The second-order valence-corrected chi connectivity index (χ2v) is 4.51. The SMILES string of the molecule is COc1c(F)cc(C2(C)CCCN2)cc1C#N. The van der Waals surface area contributed by atoms with Crippen molar-refractivity contribution in [3.05, 3.63) is 29.1 Å². The number of nitriles is 1. The molecule has 90 valence electrons. The molecule has 1 aromatic carbocycles. The lowest BCUT2D eigenvalue weighted by Gasteiger charge is -2.25. The van der Waals surface area contributed by atoms with Crippen molar-refractivity contribution < 1.29 is 9.13 Å². The van der Waals surface area contributed by atoms with Crippen molar-refractivity contribution in [3.63, 3.8) is 0 Å². The molecule has 1 N–H and O–H groups in total. The minimum Gasteiger partial charge on any atom is -0.492 e. The lowest BCUT2D eigenvalue weighted by atomic mass is 9.89. The van der Waals surface area contributed by atoms with Crippen molar-refractivity contribution in [2.24, 2.45) is 0 Å². The van der Waals surface area contributed by atoms with E-state index in [4.69, 9.17) is 10.00 Å². The van der Waals surface area contributed by atoms with Crippen LogP contribution in [0, 0.1) is 17.1 Å². The van der Waals surface area contributed by atoms with Gasteiger partial charge < -0.3 is 10.1 Å². The van der Waals surface area contributed by atoms with Gasteiger partial charge in [-0.3, -0.25) is 0 Å². The summed E-state index contributed by atoms with van der Waals surface area (Å²) in [7, 11) is 1.37. The van der Waals surface area contributed by atoms with Crippen molar-refractivity contribution in [2.45, 2.75) is 25.3 Å². The minimum atomic E-state index is -0.475. The molecule has 0 spiro atoms. The molecule has 1 aliphatic rings. The van der Waals surface area contributed by atoms with Gasteiger partial charge in [-0.2, -0.15) is 5.26 Å². The molecule has 1 unspecified atom stereocenters. The highest BCUT2D eigenvalue weighted by atomic mass is 19.1. The number of benzene rings is 1. The van der Waals surface area contributed by atoms with E-state index in [2.05, 4.69) is 5.32 Å². The molecular formula is C13H15FN2O. The lowest BCUT2D eigenvalue weighted by molar-refractivity contribution is 0.380. The average molecular weight is 234 g/mol. The number of halogens is 1. The zero-order chi connectivity index (χ0) is 12.5. The fourth-order valence-electron chi connectivity index (χ4n) is 2.34. The van der Waals surface area contributed by atoms with Crippen LogP contribution < -0.4 is 10.1 Å². The van der Waals surface area contributed by atoms with E-state index in [-0.39, 0.29) is 16.9 Å². The summed E-state index contributed by atoms with van der Waals surface area (Å²) in [5.74, 6) is -0.450. The molecular weight excluding hydrogens is 219 g/mol. The highest BCUT2D eigenvalue weighted by molar-refractivity contribution is 5.48. The van der Waals surface area contributed by atoms with Gasteiger partial charge >= 0.3 is 0 Å². The first-order valence-corrected chi connectivity index (χ1v) is 5.64. The summed E-state index contributed by atoms with van der Waals surface area (Å²) in [5.41, 5.74) is 0.820. The zero-order valence-electron chi connectivity index (χ0n) is 10.0. The van der Waals surface area contributed by atoms with Crippen LogP contribution in [0.4, 0.5) is 4.39 Å². The Morgan fingerprint density at radius 2 is 2.29 bits per heavy atom. The Kier molecular flexibility index (Phi) is 3.03. The molecule has 0 aromatic heterocycles. The van der Waals surface area contributed by atoms with Crippen LogP contribution >= 0.6 is 0 Å². The Bertz CT molecular complexity index is 473. The number of ether oxygens (including phenoxy) is 1. The first-order chi connectivity index (χ1) is 8.10. The summed E-state index contributed by atoms with van der Waals surface area (Å²) in [4.78, 5) is 0. The van der Waals surface area contributed by atoms with Gasteiger partial charge in [0.05, 0.1) is 12.7 Å². The van der Waals surface area contributed by atoms with Gasteiger partial charge in [0, 0.05) is 5.54 Å². The summed E-state index contributed by atoms with van der Waals surface area (Å²) in [6.45, 7) is 2.95. The standard InChI is InChI=1S/C13H15FN2O/c1-13(4-3-5-16-13)10-6-9(8-15)12(17-2)11(14)7-10/h6-7,16H,3-5H2,1-2H3. The highest BCUT2D eigenvalue weighted by Gasteiger charge is 2.31. The number of nitrogens with zero attached hydrogens (tertiary/aromatic N) is 1. The van der Waals surface area contributed by atoms with E-state index in [0.29, 0.717) is 0 Å². The predicted octanol–water partition coefficient (Wildman–Crippen LogP) is 2.30. The number of hydrogen-bond acceptors (Lipinski definition) is 3.